The van der Waals surface area contributed by atoms with Gasteiger partial charge in [-0.25, -0.2) is 22.3 Å². The van der Waals surface area contributed by atoms with Crippen molar-refractivity contribution in [3.63, 3.8) is 0 Å². The van der Waals surface area contributed by atoms with E-state index in [-0.39, 0.29) is 12.1 Å². The standard InChI is InChI=1S/C13H14FNO4S/c1-2-3-4-5-8-15-20(18,19)12-7-6-10(13(16)17)9-11(12)14/h1,6-7,9,15H,3-5,8H2,(H,16,17). The lowest BCUT2D eigenvalue weighted by Gasteiger charge is -2.07. The van der Waals surface area contributed by atoms with E-state index in [0.29, 0.717) is 25.3 Å². The van der Waals surface area contributed by atoms with Crippen LogP contribution in [0, 0.1) is 18.2 Å². The number of sulfonamides is 1. The van der Waals surface area contributed by atoms with E-state index in [9.17, 15) is 17.6 Å². The van der Waals surface area contributed by atoms with Crippen LogP contribution in [0.4, 0.5) is 4.39 Å². The second kappa shape index (κ2) is 7.03. The van der Waals surface area contributed by atoms with Crippen LogP contribution in [0.5, 0.6) is 0 Å². The van der Waals surface area contributed by atoms with Gasteiger partial charge in [0.15, 0.2) is 0 Å². The highest BCUT2D eigenvalue weighted by molar-refractivity contribution is 7.89. The molecule has 0 saturated carbocycles. The van der Waals surface area contributed by atoms with Gasteiger partial charge < -0.3 is 5.11 Å². The molecule has 1 rings (SSSR count). The van der Waals surface area contributed by atoms with Crippen molar-refractivity contribution in [3.05, 3.63) is 29.6 Å². The predicted octanol–water partition coefficient (Wildman–Crippen LogP) is 1.61. The zero-order chi connectivity index (χ0) is 15.2. The van der Waals surface area contributed by atoms with Crippen molar-refractivity contribution in [3.8, 4) is 12.3 Å². The van der Waals surface area contributed by atoms with Crippen molar-refractivity contribution in [2.45, 2.75) is 24.2 Å². The second-order valence-electron chi connectivity index (χ2n) is 4.01. The number of nitrogens with one attached hydrogen (secondary N) is 1. The van der Waals surface area contributed by atoms with Gasteiger partial charge in [0.2, 0.25) is 10.0 Å². The summed E-state index contributed by atoms with van der Waals surface area (Å²) in [5.41, 5.74) is -0.310. The molecule has 7 heteroatoms. The van der Waals surface area contributed by atoms with Gasteiger partial charge in [-0.2, -0.15) is 0 Å². The normalized spacial score (nSPS) is 11.0. The van der Waals surface area contributed by atoms with E-state index in [1.54, 1.807) is 0 Å². The first-order chi connectivity index (χ1) is 9.38. The Morgan fingerprint density at radius 1 is 1.40 bits per heavy atom. The van der Waals surface area contributed by atoms with Crippen LogP contribution < -0.4 is 4.72 Å². The number of rotatable bonds is 7. The Balaban J connectivity index is 2.78. The molecule has 0 aliphatic heterocycles. The Bertz CT molecular complexity index is 634. The zero-order valence-corrected chi connectivity index (χ0v) is 11.4. The van der Waals surface area contributed by atoms with E-state index in [1.165, 1.54) is 0 Å². The maximum absolute atomic E-state index is 13.6. The largest absolute Gasteiger partial charge is 0.478 e. The summed E-state index contributed by atoms with van der Waals surface area (Å²) in [4.78, 5) is 10.1. The van der Waals surface area contributed by atoms with E-state index in [0.717, 1.165) is 12.1 Å². The van der Waals surface area contributed by atoms with Crippen molar-refractivity contribution >= 4 is 16.0 Å². The van der Waals surface area contributed by atoms with Gasteiger partial charge in [-0.3, -0.25) is 0 Å². The summed E-state index contributed by atoms with van der Waals surface area (Å²) < 4.78 is 39.5. The SMILES string of the molecule is C#CCCCCNS(=O)(=O)c1ccc(C(=O)O)cc1F. The van der Waals surface area contributed by atoms with Gasteiger partial charge in [-0.05, 0) is 31.0 Å². The number of hydrogen-bond acceptors (Lipinski definition) is 3. The van der Waals surface area contributed by atoms with Crippen LogP contribution in [0.2, 0.25) is 0 Å². The summed E-state index contributed by atoms with van der Waals surface area (Å²) in [5, 5.41) is 8.68. The minimum Gasteiger partial charge on any atom is -0.478 e. The fourth-order valence-electron chi connectivity index (χ4n) is 1.49. The predicted molar refractivity (Wildman–Crippen MR) is 71.2 cm³/mol. The molecule has 5 nitrogen and oxygen atoms in total. The number of hydrogen-bond donors (Lipinski definition) is 2. The third kappa shape index (κ3) is 4.33. The Kier molecular flexibility index (Phi) is 5.67. The van der Waals surface area contributed by atoms with Gasteiger partial charge in [0, 0.05) is 13.0 Å². The molecule has 0 spiro atoms. The van der Waals surface area contributed by atoms with Crippen LogP contribution in [0.15, 0.2) is 23.1 Å². The Hall–Kier alpha value is -1.91. The van der Waals surface area contributed by atoms with Crippen molar-refractivity contribution in [1.29, 1.82) is 0 Å². The van der Waals surface area contributed by atoms with E-state index in [2.05, 4.69) is 10.6 Å². The quantitative estimate of drug-likeness (QED) is 0.592. The van der Waals surface area contributed by atoms with Crippen LogP contribution >= 0.6 is 0 Å². The highest BCUT2D eigenvalue weighted by atomic mass is 32.2. The first kappa shape index (κ1) is 16.1. The molecule has 0 aliphatic carbocycles. The molecule has 1 aromatic rings. The van der Waals surface area contributed by atoms with Gasteiger partial charge in [-0.15, -0.1) is 12.3 Å². The van der Waals surface area contributed by atoms with E-state index >= 15 is 0 Å². The maximum atomic E-state index is 13.6. The van der Waals surface area contributed by atoms with Crippen molar-refractivity contribution in [2.75, 3.05) is 6.54 Å². The molecule has 0 bridgehead atoms. The lowest BCUT2D eigenvalue weighted by atomic mass is 10.2. The molecule has 0 atom stereocenters. The summed E-state index contributed by atoms with van der Waals surface area (Å²) >= 11 is 0. The highest BCUT2D eigenvalue weighted by Crippen LogP contribution is 2.16. The van der Waals surface area contributed by atoms with Crippen LogP contribution in [0.25, 0.3) is 0 Å². The molecule has 0 radical (unpaired) electrons. The molecule has 20 heavy (non-hydrogen) atoms. The molecule has 0 fully saturated rings. The van der Waals surface area contributed by atoms with Gasteiger partial charge >= 0.3 is 5.97 Å². The molecule has 2 N–H and O–H groups in total. The summed E-state index contributed by atoms with van der Waals surface area (Å²) in [7, 11) is -3.99. The molecular formula is C13H14FNO4S. The van der Waals surface area contributed by atoms with Gasteiger partial charge in [0.1, 0.15) is 10.7 Å². The van der Waals surface area contributed by atoms with Crippen LogP contribution in [-0.2, 0) is 10.0 Å². The number of carboxylic acid groups (broad SMARTS) is 1. The molecule has 0 unspecified atom stereocenters. The molecule has 108 valence electrons. The maximum Gasteiger partial charge on any atom is 0.335 e. The van der Waals surface area contributed by atoms with Crippen molar-refractivity contribution < 1.29 is 22.7 Å². The molecular weight excluding hydrogens is 285 g/mol. The molecule has 0 amide bonds. The van der Waals surface area contributed by atoms with E-state index in [1.807, 2.05) is 0 Å². The average Bonchev–Trinajstić information content (AvgIpc) is 2.37. The lowest BCUT2D eigenvalue weighted by Crippen LogP contribution is -2.25. The number of halogens is 1. The number of carboxylic acids is 1. The number of carbonyl (C=O) groups is 1. The lowest BCUT2D eigenvalue weighted by molar-refractivity contribution is 0.0696. The van der Waals surface area contributed by atoms with Gasteiger partial charge in [0.05, 0.1) is 5.56 Å². The number of terminal acetylenes is 1. The van der Waals surface area contributed by atoms with Crippen LogP contribution in [0.1, 0.15) is 29.6 Å². The third-order valence-corrected chi connectivity index (χ3v) is 4.00. The fraction of sp³-hybridized carbons (Fsp3) is 0.308. The Morgan fingerprint density at radius 2 is 2.10 bits per heavy atom. The summed E-state index contributed by atoms with van der Waals surface area (Å²) in [6, 6.07) is 2.65. The number of aromatic carboxylic acids is 1. The first-order valence-electron chi connectivity index (χ1n) is 5.84. The Labute approximate surface area is 116 Å². The second-order valence-corrected chi connectivity index (χ2v) is 5.74. The minimum absolute atomic E-state index is 0.143. The number of benzene rings is 1. The van der Waals surface area contributed by atoms with E-state index in [4.69, 9.17) is 11.5 Å². The topological polar surface area (TPSA) is 83.5 Å². The van der Waals surface area contributed by atoms with Crippen LogP contribution in [-0.4, -0.2) is 26.0 Å². The molecule has 0 aromatic heterocycles. The minimum atomic E-state index is -3.99. The molecule has 0 heterocycles. The summed E-state index contributed by atoms with van der Waals surface area (Å²) in [6.07, 6.45) is 6.81. The van der Waals surface area contributed by atoms with Crippen LogP contribution in [0.3, 0.4) is 0 Å². The monoisotopic (exact) mass is 299 g/mol. The average molecular weight is 299 g/mol. The van der Waals surface area contributed by atoms with Crippen molar-refractivity contribution in [2.24, 2.45) is 0 Å². The number of unbranched alkanes of at least 4 members (excludes halogenated alkanes) is 2. The van der Waals surface area contributed by atoms with E-state index < -0.39 is 26.7 Å². The molecule has 0 aliphatic rings. The smallest absolute Gasteiger partial charge is 0.335 e. The Morgan fingerprint density at radius 3 is 2.65 bits per heavy atom. The molecule has 0 saturated heterocycles. The van der Waals surface area contributed by atoms with Gasteiger partial charge in [0.25, 0.3) is 0 Å². The highest BCUT2D eigenvalue weighted by Gasteiger charge is 2.19. The fourth-order valence-corrected chi connectivity index (χ4v) is 2.62. The molecule has 1 aromatic carbocycles. The van der Waals surface area contributed by atoms with Crippen molar-refractivity contribution in [1.82, 2.24) is 4.72 Å². The summed E-state index contributed by atoms with van der Waals surface area (Å²) in [5.74, 6) is 0.00986. The summed E-state index contributed by atoms with van der Waals surface area (Å²) in [6.45, 7) is 0.143. The third-order valence-electron chi connectivity index (χ3n) is 2.51. The zero-order valence-electron chi connectivity index (χ0n) is 10.6. The van der Waals surface area contributed by atoms with Gasteiger partial charge in [-0.1, -0.05) is 0 Å². The first-order valence-corrected chi connectivity index (χ1v) is 7.33.